The van der Waals surface area contributed by atoms with Crippen LogP contribution in [0, 0.1) is 0 Å². The third-order valence-electron chi connectivity index (χ3n) is 2.62. The number of amidine groups is 1. The summed E-state index contributed by atoms with van der Waals surface area (Å²) in [5.41, 5.74) is 6.70. The number of hydrogen-bond acceptors (Lipinski definition) is 4. The molecule has 0 saturated heterocycles. The molecular formula is C11H13N3O3. The lowest BCUT2D eigenvalue weighted by Crippen LogP contribution is -2.38. The molecule has 0 fully saturated rings. The number of nitrogens with zero attached hydrogens (tertiary/aromatic N) is 2. The van der Waals surface area contributed by atoms with Gasteiger partial charge < -0.3 is 20.6 Å². The van der Waals surface area contributed by atoms with Crippen LogP contribution in [0.15, 0.2) is 23.4 Å². The molecular weight excluding hydrogens is 222 g/mol. The Kier molecular flexibility index (Phi) is 2.86. The fourth-order valence-electron chi connectivity index (χ4n) is 1.77. The first-order valence-corrected chi connectivity index (χ1v) is 5.22. The van der Waals surface area contributed by atoms with Gasteiger partial charge >= 0.3 is 0 Å². The third kappa shape index (κ3) is 1.89. The van der Waals surface area contributed by atoms with Crippen LogP contribution in [0.5, 0.6) is 5.75 Å². The minimum Gasteiger partial charge on any atom is -0.482 e. The van der Waals surface area contributed by atoms with Gasteiger partial charge in [0.2, 0.25) is 0 Å². The average Bonchev–Trinajstić information content (AvgIpc) is 2.37. The van der Waals surface area contributed by atoms with Crippen molar-refractivity contribution in [2.24, 2.45) is 10.9 Å². The van der Waals surface area contributed by atoms with Crippen LogP contribution in [-0.2, 0) is 4.79 Å². The second-order valence-electron chi connectivity index (χ2n) is 3.59. The molecule has 1 aliphatic heterocycles. The molecule has 0 unspecified atom stereocenters. The van der Waals surface area contributed by atoms with Crippen molar-refractivity contribution in [1.82, 2.24) is 0 Å². The maximum absolute atomic E-state index is 11.6. The zero-order valence-electron chi connectivity index (χ0n) is 9.38. The van der Waals surface area contributed by atoms with Gasteiger partial charge in [-0.05, 0) is 25.1 Å². The van der Waals surface area contributed by atoms with Crippen LogP contribution in [0.1, 0.15) is 12.5 Å². The Morgan fingerprint density at radius 3 is 3.06 bits per heavy atom. The predicted molar refractivity (Wildman–Crippen MR) is 62.5 cm³/mol. The smallest absolute Gasteiger partial charge is 0.265 e. The first-order chi connectivity index (χ1) is 8.17. The van der Waals surface area contributed by atoms with E-state index in [9.17, 15) is 4.79 Å². The third-order valence-corrected chi connectivity index (χ3v) is 2.62. The maximum Gasteiger partial charge on any atom is 0.265 e. The van der Waals surface area contributed by atoms with Crippen molar-refractivity contribution in [2.45, 2.75) is 6.92 Å². The normalized spacial score (nSPS) is 15.5. The fourth-order valence-corrected chi connectivity index (χ4v) is 1.77. The number of hydrogen-bond donors (Lipinski definition) is 2. The summed E-state index contributed by atoms with van der Waals surface area (Å²) in [7, 11) is 0. The quantitative estimate of drug-likeness (QED) is 0.338. The van der Waals surface area contributed by atoms with Crippen LogP contribution in [0.25, 0.3) is 0 Å². The molecule has 0 bridgehead atoms. The van der Waals surface area contributed by atoms with Crippen molar-refractivity contribution in [3.8, 4) is 5.75 Å². The molecule has 1 amide bonds. The van der Waals surface area contributed by atoms with E-state index in [0.717, 1.165) is 0 Å². The molecule has 3 N–H and O–H groups in total. The zero-order chi connectivity index (χ0) is 12.4. The average molecular weight is 235 g/mol. The lowest BCUT2D eigenvalue weighted by Gasteiger charge is -2.28. The molecule has 0 saturated carbocycles. The molecule has 0 atom stereocenters. The number of anilines is 1. The summed E-state index contributed by atoms with van der Waals surface area (Å²) in [5, 5.41) is 11.5. The number of carbonyl (C=O) groups excluding carboxylic acids is 1. The number of carbonyl (C=O) groups is 1. The molecule has 0 radical (unpaired) electrons. The lowest BCUT2D eigenvalue weighted by molar-refractivity contribution is -0.121. The van der Waals surface area contributed by atoms with Crippen LogP contribution >= 0.6 is 0 Å². The summed E-state index contributed by atoms with van der Waals surface area (Å²) < 4.78 is 5.30. The second kappa shape index (κ2) is 4.32. The van der Waals surface area contributed by atoms with Crippen LogP contribution < -0.4 is 15.4 Å². The van der Waals surface area contributed by atoms with Gasteiger partial charge in [-0.2, -0.15) is 0 Å². The SMILES string of the molecule is CCN1C(=O)COc2ccc(C(N)=NO)cc21. The van der Waals surface area contributed by atoms with E-state index in [2.05, 4.69) is 5.16 Å². The van der Waals surface area contributed by atoms with Gasteiger partial charge in [0.05, 0.1) is 5.69 Å². The van der Waals surface area contributed by atoms with E-state index >= 15 is 0 Å². The largest absolute Gasteiger partial charge is 0.482 e. The van der Waals surface area contributed by atoms with Crippen LogP contribution in [0.2, 0.25) is 0 Å². The summed E-state index contributed by atoms with van der Waals surface area (Å²) in [6.45, 7) is 2.47. The van der Waals surface area contributed by atoms with Crippen LogP contribution in [-0.4, -0.2) is 30.1 Å². The summed E-state index contributed by atoms with van der Waals surface area (Å²) in [5.74, 6) is 0.527. The summed E-state index contributed by atoms with van der Waals surface area (Å²) in [4.78, 5) is 13.2. The molecule has 0 aliphatic carbocycles. The minimum absolute atomic E-state index is 0.00174. The Morgan fingerprint density at radius 2 is 2.41 bits per heavy atom. The predicted octanol–water partition coefficient (Wildman–Crippen LogP) is 0.526. The lowest BCUT2D eigenvalue weighted by atomic mass is 10.1. The first-order valence-electron chi connectivity index (χ1n) is 5.22. The number of likely N-dealkylation sites (N-methyl/N-ethyl adjacent to an activating group) is 1. The second-order valence-corrected chi connectivity index (χ2v) is 3.59. The molecule has 0 aromatic heterocycles. The number of rotatable bonds is 2. The standard InChI is InChI=1S/C11H13N3O3/c1-2-14-8-5-7(11(12)13-16)3-4-9(8)17-6-10(14)15/h3-5,16H,2,6H2,1H3,(H2,12,13). The maximum atomic E-state index is 11.6. The summed E-state index contributed by atoms with van der Waals surface area (Å²) >= 11 is 0. The molecule has 6 nitrogen and oxygen atoms in total. The van der Waals surface area contributed by atoms with Crippen molar-refractivity contribution in [3.05, 3.63) is 23.8 Å². The monoisotopic (exact) mass is 235 g/mol. The number of nitrogens with two attached hydrogens (primary N) is 1. The van der Waals surface area contributed by atoms with E-state index in [1.54, 1.807) is 23.1 Å². The van der Waals surface area contributed by atoms with Crippen LogP contribution in [0.4, 0.5) is 5.69 Å². The number of amides is 1. The van der Waals surface area contributed by atoms with Gasteiger partial charge in [-0.3, -0.25) is 4.79 Å². The highest BCUT2D eigenvalue weighted by atomic mass is 16.5. The van der Waals surface area contributed by atoms with Crippen molar-refractivity contribution >= 4 is 17.4 Å². The summed E-state index contributed by atoms with van der Waals surface area (Å²) in [6.07, 6.45) is 0. The molecule has 1 aromatic rings. The Bertz CT molecular complexity index is 485. The van der Waals surface area contributed by atoms with Gasteiger partial charge in [-0.15, -0.1) is 0 Å². The molecule has 1 aromatic carbocycles. The highest BCUT2D eigenvalue weighted by molar-refractivity contribution is 6.02. The number of oxime groups is 1. The highest BCUT2D eigenvalue weighted by Gasteiger charge is 2.24. The Hall–Kier alpha value is -2.24. The number of fused-ring (bicyclic) bond motifs is 1. The van der Waals surface area contributed by atoms with E-state index in [1.165, 1.54) is 0 Å². The van der Waals surface area contributed by atoms with Crippen molar-refractivity contribution < 1.29 is 14.7 Å². The van der Waals surface area contributed by atoms with Crippen molar-refractivity contribution in [1.29, 1.82) is 0 Å². The zero-order valence-corrected chi connectivity index (χ0v) is 9.38. The Balaban J connectivity index is 2.49. The van der Waals surface area contributed by atoms with E-state index in [0.29, 0.717) is 23.5 Å². The van der Waals surface area contributed by atoms with E-state index in [4.69, 9.17) is 15.7 Å². The molecule has 6 heteroatoms. The molecule has 1 heterocycles. The topological polar surface area (TPSA) is 88.2 Å². The first kappa shape index (κ1) is 11.3. The molecule has 0 spiro atoms. The van der Waals surface area contributed by atoms with Crippen molar-refractivity contribution in [2.75, 3.05) is 18.1 Å². The molecule has 1 aliphatic rings. The van der Waals surface area contributed by atoms with Crippen molar-refractivity contribution in [3.63, 3.8) is 0 Å². The van der Waals surface area contributed by atoms with E-state index in [-0.39, 0.29) is 18.3 Å². The fraction of sp³-hybridized carbons (Fsp3) is 0.273. The van der Waals surface area contributed by atoms with Gasteiger partial charge in [0.25, 0.3) is 5.91 Å². The molecule has 17 heavy (non-hydrogen) atoms. The Morgan fingerprint density at radius 1 is 1.65 bits per heavy atom. The van der Waals surface area contributed by atoms with Gasteiger partial charge in [0, 0.05) is 12.1 Å². The summed E-state index contributed by atoms with van der Waals surface area (Å²) in [6, 6.07) is 5.06. The number of benzene rings is 1. The molecule has 90 valence electrons. The van der Waals surface area contributed by atoms with Gasteiger partial charge in [-0.1, -0.05) is 5.16 Å². The van der Waals surface area contributed by atoms with E-state index in [1.807, 2.05) is 6.92 Å². The van der Waals surface area contributed by atoms with Crippen LogP contribution in [0.3, 0.4) is 0 Å². The van der Waals surface area contributed by atoms with Gasteiger partial charge in [-0.25, -0.2) is 0 Å². The molecule has 2 rings (SSSR count). The highest BCUT2D eigenvalue weighted by Crippen LogP contribution is 2.32. The van der Waals surface area contributed by atoms with Gasteiger partial charge in [0.1, 0.15) is 5.75 Å². The van der Waals surface area contributed by atoms with E-state index < -0.39 is 0 Å². The minimum atomic E-state index is -0.100. The number of ether oxygens (including phenoxy) is 1. The Labute approximate surface area is 98.3 Å². The van der Waals surface area contributed by atoms with Gasteiger partial charge in [0.15, 0.2) is 12.4 Å².